The molecule has 4 nitrogen and oxygen atoms in total. The van der Waals surface area contributed by atoms with Crippen LogP contribution >= 0.6 is 0 Å². The van der Waals surface area contributed by atoms with Crippen molar-refractivity contribution in [1.82, 2.24) is 0 Å². The van der Waals surface area contributed by atoms with Crippen LogP contribution < -0.4 is 0 Å². The van der Waals surface area contributed by atoms with E-state index in [4.69, 9.17) is 4.74 Å². The van der Waals surface area contributed by atoms with Crippen LogP contribution in [0.15, 0.2) is 0 Å². The van der Waals surface area contributed by atoms with Crippen molar-refractivity contribution in [2.75, 3.05) is 19.0 Å². The summed E-state index contributed by atoms with van der Waals surface area (Å²) in [6.07, 6.45) is 8.48. The van der Waals surface area contributed by atoms with Gasteiger partial charge in [0.05, 0.1) is 10.1 Å². The van der Waals surface area contributed by atoms with Crippen molar-refractivity contribution in [3.8, 4) is 0 Å². The van der Waals surface area contributed by atoms with E-state index in [9.17, 15) is 13.0 Å². The molecule has 0 atom stereocenters. The third-order valence-corrected chi connectivity index (χ3v) is 3.36. The molecule has 0 heterocycles. The second kappa shape index (κ2) is 11.0. The largest absolute Gasteiger partial charge is 0.748 e. The van der Waals surface area contributed by atoms with Gasteiger partial charge in [-0.2, -0.15) is 0 Å². The molecular formula is C12H25O4S-. The summed E-state index contributed by atoms with van der Waals surface area (Å²) >= 11 is 0. The summed E-state index contributed by atoms with van der Waals surface area (Å²) in [5, 5.41) is 0. The quantitative estimate of drug-likeness (QED) is 0.402. The van der Waals surface area contributed by atoms with Gasteiger partial charge in [-0.1, -0.05) is 39.0 Å². The van der Waals surface area contributed by atoms with Crippen molar-refractivity contribution >= 4 is 10.1 Å². The maximum absolute atomic E-state index is 10.3. The Morgan fingerprint density at radius 1 is 0.882 bits per heavy atom. The molecule has 0 N–H and O–H groups in total. The van der Waals surface area contributed by atoms with Gasteiger partial charge in [-0.3, -0.25) is 0 Å². The predicted molar refractivity (Wildman–Crippen MR) is 68.0 cm³/mol. The van der Waals surface area contributed by atoms with Crippen molar-refractivity contribution in [1.29, 1.82) is 0 Å². The highest BCUT2D eigenvalue weighted by Crippen LogP contribution is 2.05. The minimum Gasteiger partial charge on any atom is -0.748 e. The summed E-state index contributed by atoms with van der Waals surface area (Å²) in [5.41, 5.74) is 0. The first-order valence-corrected chi connectivity index (χ1v) is 8.15. The molecular weight excluding hydrogens is 240 g/mol. The molecule has 0 saturated carbocycles. The summed E-state index contributed by atoms with van der Waals surface area (Å²) in [6, 6.07) is 0. The summed E-state index contributed by atoms with van der Waals surface area (Å²) in [5.74, 6) is -0.270. The number of rotatable bonds is 12. The normalized spacial score (nSPS) is 11.9. The Bertz CT molecular complexity index is 249. The molecule has 0 fully saturated rings. The van der Waals surface area contributed by atoms with Crippen LogP contribution in [0.3, 0.4) is 0 Å². The highest BCUT2D eigenvalue weighted by molar-refractivity contribution is 7.85. The summed E-state index contributed by atoms with van der Waals surface area (Å²) in [4.78, 5) is 0. The van der Waals surface area contributed by atoms with Gasteiger partial charge in [-0.25, -0.2) is 8.42 Å². The van der Waals surface area contributed by atoms with Crippen molar-refractivity contribution in [3.63, 3.8) is 0 Å². The highest BCUT2D eigenvalue weighted by Gasteiger charge is 1.96. The molecule has 0 saturated heterocycles. The number of unbranched alkanes of at least 4 members (excludes halogenated alkanes) is 6. The van der Waals surface area contributed by atoms with E-state index >= 15 is 0 Å². The van der Waals surface area contributed by atoms with E-state index in [-0.39, 0.29) is 5.75 Å². The van der Waals surface area contributed by atoms with E-state index in [1.165, 1.54) is 32.1 Å². The van der Waals surface area contributed by atoms with Crippen LogP contribution in [-0.4, -0.2) is 31.9 Å². The van der Waals surface area contributed by atoms with Gasteiger partial charge >= 0.3 is 0 Å². The van der Waals surface area contributed by atoms with Crippen molar-refractivity contribution in [3.05, 3.63) is 0 Å². The van der Waals surface area contributed by atoms with E-state index in [1.807, 2.05) is 0 Å². The SMILES string of the molecule is CCCCCCCCOCCCCS(=O)(=O)[O-]. The molecule has 104 valence electrons. The first kappa shape index (κ1) is 16.9. The second-order valence-electron chi connectivity index (χ2n) is 4.35. The Hall–Kier alpha value is -0.130. The third kappa shape index (κ3) is 15.9. The van der Waals surface area contributed by atoms with E-state index in [2.05, 4.69) is 6.92 Å². The average molecular weight is 265 g/mol. The fourth-order valence-electron chi connectivity index (χ4n) is 1.57. The molecule has 0 aliphatic rings. The van der Waals surface area contributed by atoms with Crippen LogP contribution in [0, 0.1) is 0 Å². The lowest BCUT2D eigenvalue weighted by Crippen LogP contribution is -2.06. The van der Waals surface area contributed by atoms with Crippen LogP contribution in [0.2, 0.25) is 0 Å². The zero-order valence-corrected chi connectivity index (χ0v) is 11.6. The third-order valence-electron chi connectivity index (χ3n) is 2.58. The Kier molecular flexibility index (Phi) is 10.9. The van der Waals surface area contributed by atoms with Crippen LogP contribution in [0.5, 0.6) is 0 Å². The molecule has 0 rings (SSSR count). The maximum Gasteiger partial charge on any atom is 0.0945 e. The second-order valence-corrected chi connectivity index (χ2v) is 5.87. The molecule has 0 aliphatic heterocycles. The van der Waals surface area contributed by atoms with E-state index in [0.29, 0.717) is 19.4 Å². The molecule has 0 aliphatic carbocycles. The number of ether oxygens (including phenoxy) is 1. The average Bonchev–Trinajstić information content (AvgIpc) is 2.24. The van der Waals surface area contributed by atoms with Gasteiger partial charge in [-0.15, -0.1) is 0 Å². The number of hydrogen-bond acceptors (Lipinski definition) is 4. The summed E-state index contributed by atoms with van der Waals surface area (Å²) in [7, 11) is -4.04. The fourth-order valence-corrected chi connectivity index (χ4v) is 2.13. The molecule has 0 aromatic carbocycles. The maximum atomic E-state index is 10.3. The van der Waals surface area contributed by atoms with Gasteiger partial charge in [0.1, 0.15) is 0 Å². The molecule has 0 unspecified atom stereocenters. The first-order chi connectivity index (χ1) is 8.06. The molecule has 0 amide bonds. The Morgan fingerprint density at radius 2 is 1.41 bits per heavy atom. The lowest BCUT2D eigenvalue weighted by Gasteiger charge is -2.07. The van der Waals surface area contributed by atoms with Crippen LogP contribution in [-0.2, 0) is 14.9 Å². The smallest absolute Gasteiger partial charge is 0.0945 e. The standard InChI is InChI=1S/C12H26O4S/c1-2-3-4-5-6-7-10-16-11-8-9-12-17(13,14)15/h2-12H2,1H3,(H,13,14,15)/p-1. The summed E-state index contributed by atoms with van der Waals surface area (Å²) in [6.45, 7) is 3.51. The Labute approximate surface area is 105 Å². The zero-order chi connectivity index (χ0) is 13.0. The predicted octanol–water partition coefficient (Wildman–Crippen LogP) is 2.69. The first-order valence-electron chi connectivity index (χ1n) is 6.57. The van der Waals surface area contributed by atoms with E-state index in [0.717, 1.165) is 13.0 Å². The molecule has 0 bridgehead atoms. The van der Waals surface area contributed by atoms with Crippen molar-refractivity contribution < 1.29 is 17.7 Å². The monoisotopic (exact) mass is 265 g/mol. The van der Waals surface area contributed by atoms with Crippen LogP contribution in [0.1, 0.15) is 58.3 Å². The highest BCUT2D eigenvalue weighted by atomic mass is 32.2. The topological polar surface area (TPSA) is 66.4 Å². The molecule has 0 aromatic heterocycles. The van der Waals surface area contributed by atoms with Gasteiger partial charge < -0.3 is 9.29 Å². The van der Waals surface area contributed by atoms with Crippen LogP contribution in [0.25, 0.3) is 0 Å². The number of hydrogen-bond donors (Lipinski definition) is 0. The van der Waals surface area contributed by atoms with E-state index in [1.54, 1.807) is 0 Å². The molecule has 0 aromatic rings. The van der Waals surface area contributed by atoms with Crippen molar-refractivity contribution in [2.45, 2.75) is 58.3 Å². The lowest BCUT2D eigenvalue weighted by molar-refractivity contribution is 0.127. The van der Waals surface area contributed by atoms with E-state index < -0.39 is 10.1 Å². The zero-order valence-electron chi connectivity index (χ0n) is 10.8. The molecule has 17 heavy (non-hydrogen) atoms. The van der Waals surface area contributed by atoms with Gasteiger partial charge in [0, 0.05) is 19.0 Å². The van der Waals surface area contributed by atoms with Crippen LogP contribution in [0.4, 0.5) is 0 Å². The lowest BCUT2D eigenvalue weighted by atomic mass is 10.1. The molecule has 0 radical (unpaired) electrons. The van der Waals surface area contributed by atoms with Crippen molar-refractivity contribution in [2.24, 2.45) is 0 Å². The molecule has 0 spiro atoms. The molecule has 5 heteroatoms. The van der Waals surface area contributed by atoms with Gasteiger partial charge in [-0.05, 0) is 19.3 Å². The Balaban J connectivity index is 3.04. The fraction of sp³-hybridized carbons (Fsp3) is 1.00. The minimum atomic E-state index is -4.04. The minimum absolute atomic E-state index is 0.270. The van der Waals surface area contributed by atoms with Gasteiger partial charge in [0.15, 0.2) is 0 Å². The van der Waals surface area contributed by atoms with Gasteiger partial charge in [0.25, 0.3) is 0 Å². The summed E-state index contributed by atoms with van der Waals surface area (Å²) < 4.78 is 36.2. The van der Waals surface area contributed by atoms with Gasteiger partial charge in [0.2, 0.25) is 0 Å². The Morgan fingerprint density at radius 3 is 2.00 bits per heavy atom.